The van der Waals surface area contributed by atoms with Crippen LogP contribution in [-0.2, 0) is 4.79 Å². The lowest BCUT2D eigenvalue weighted by atomic mass is 10.0. The van der Waals surface area contributed by atoms with E-state index in [1.165, 1.54) is 32.2 Å². The van der Waals surface area contributed by atoms with Crippen molar-refractivity contribution in [3.8, 4) is 22.9 Å². The van der Waals surface area contributed by atoms with E-state index in [1.807, 2.05) is 6.07 Å². The molecule has 0 atom stereocenters. The van der Waals surface area contributed by atoms with E-state index in [4.69, 9.17) is 14.5 Å². The first-order valence-electron chi connectivity index (χ1n) is 10.2. The molecular weight excluding hydrogens is 452 g/mol. The van der Waals surface area contributed by atoms with Gasteiger partial charge in [-0.25, -0.2) is 4.79 Å². The Kier molecular flexibility index (Phi) is 6.16. The summed E-state index contributed by atoms with van der Waals surface area (Å²) in [6.07, 6.45) is 0. The van der Waals surface area contributed by atoms with Crippen molar-refractivity contribution in [2.75, 3.05) is 17.7 Å². The number of carboxylic acid groups (broad SMARTS) is 1. The van der Waals surface area contributed by atoms with Gasteiger partial charge in [-0.3, -0.25) is 9.59 Å². The fraction of sp³-hybridized carbons (Fsp3) is 0.0800. The van der Waals surface area contributed by atoms with Crippen LogP contribution in [0.2, 0.25) is 0 Å². The Hall–Kier alpha value is -5.17. The summed E-state index contributed by atoms with van der Waals surface area (Å²) in [6.45, 7) is 1.42. The Morgan fingerprint density at radius 1 is 1.06 bits per heavy atom. The molecule has 0 fully saturated rings. The molecule has 1 heterocycles. The number of carbonyl (C=O) groups excluding carboxylic acids is 2. The molecule has 35 heavy (non-hydrogen) atoms. The number of methoxy groups -OCH3 is 1. The summed E-state index contributed by atoms with van der Waals surface area (Å²) in [4.78, 5) is 35.7. The van der Waals surface area contributed by atoms with Gasteiger partial charge in [0.1, 0.15) is 5.75 Å². The first kappa shape index (κ1) is 23.0. The predicted molar refractivity (Wildman–Crippen MR) is 126 cm³/mol. The van der Waals surface area contributed by atoms with Crippen molar-refractivity contribution >= 4 is 40.1 Å². The molecule has 4 rings (SSSR count). The van der Waals surface area contributed by atoms with E-state index in [1.54, 1.807) is 36.4 Å². The van der Waals surface area contributed by atoms with Crippen LogP contribution < -0.4 is 15.4 Å². The summed E-state index contributed by atoms with van der Waals surface area (Å²) in [5.41, 5.74) is 2.29. The zero-order valence-electron chi connectivity index (χ0n) is 18.6. The Morgan fingerprint density at radius 2 is 1.80 bits per heavy atom. The zero-order valence-corrected chi connectivity index (χ0v) is 18.6. The molecule has 3 N–H and O–H groups in total. The highest BCUT2D eigenvalue weighted by Crippen LogP contribution is 2.36. The number of nitrogens with zero attached hydrogens (tertiary/aromatic N) is 2. The highest BCUT2D eigenvalue weighted by Gasteiger charge is 2.22. The molecule has 0 saturated carbocycles. The summed E-state index contributed by atoms with van der Waals surface area (Å²) in [5, 5.41) is 27.9. The fourth-order valence-corrected chi connectivity index (χ4v) is 3.54. The van der Waals surface area contributed by atoms with Crippen LogP contribution in [0.15, 0.2) is 59.1 Å². The molecule has 0 aliphatic rings. The van der Waals surface area contributed by atoms with Crippen molar-refractivity contribution in [2.45, 2.75) is 6.92 Å². The first-order chi connectivity index (χ1) is 16.8. The van der Waals surface area contributed by atoms with Crippen molar-refractivity contribution in [2.24, 2.45) is 0 Å². The average molecular weight is 470 g/mol. The van der Waals surface area contributed by atoms with Crippen LogP contribution >= 0.6 is 0 Å². The smallest absolute Gasteiger partial charge is 0.337 e. The number of carboxylic acids is 1. The van der Waals surface area contributed by atoms with Crippen molar-refractivity contribution in [3.05, 3.63) is 71.4 Å². The number of amides is 2. The number of hydrogen-bond acceptors (Lipinski definition) is 7. The molecule has 0 aliphatic carbocycles. The number of hydrogen-bond donors (Lipinski definition) is 3. The number of ether oxygens (including phenoxy) is 1. The van der Waals surface area contributed by atoms with Gasteiger partial charge in [-0.05, 0) is 48.0 Å². The maximum Gasteiger partial charge on any atom is 0.337 e. The van der Waals surface area contributed by atoms with Crippen molar-refractivity contribution < 1.29 is 28.8 Å². The Labute approximate surface area is 198 Å². The van der Waals surface area contributed by atoms with E-state index in [-0.39, 0.29) is 28.4 Å². The Bertz CT molecular complexity index is 1520. The molecule has 3 aromatic carbocycles. The van der Waals surface area contributed by atoms with Crippen LogP contribution in [0.25, 0.3) is 22.1 Å². The van der Waals surface area contributed by atoms with Crippen molar-refractivity contribution in [1.82, 2.24) is 5.16 Å². The van der Waals surface area contributed by atoms with Gasteiger partial charge in [-0.1, -0.05) is 17.3 Å². The third-order valence-electron chi connectivity index (χ3n) is 5.15. The molecule has 0 unspecified atom stereocenters. The predicted octanol–water partition coefficient (Wildman–Crippen LogP) is 4.28. The first-order valence-corrected chi connectivity index (χ1v) is 10.2. The van der Waals surface area contributed by atoms with Gasteiger partial charge < -0.3 is 25.0 Å². The molecular formula is C25H18N4O6. The number of benzene rings is 3. The summed E-state index contributed by atoms with van der Waals surface area (Å²) in [6, 6.07) is 16.2. The van der Waals surface area contributed by atoms with Crippen LogP contribution in [0.1, 0.15) is 33.3 Å². The third-order valence-corrected chi connectivity index (χ3v) is 5.15. The molecule has 0 bridgehead atoms. The minimum absolute atomic E-state index is 0.0143. The molecule has 174 valence electrons. The monoisotopic (exact) mass is 470 g/mol. The summed E-state index contributed by atoms with van der Waals surface area (Å²) >= 11 is 0. The largest absolute Gasteiger partial charge is 0.496 e. The molecule has 10 nitrogen and oxygen atoms in total. The number of anilines is 2. The number of fused-ring (bicyclic) bond motifs is 1. The number of aromatic carboxylic acids is 1. The second-order valence-electron chi connectivity index (χ2n) is 7.47. The van der Waals surface area contributed by atoms with E-state index in [0.29, 0.717) is 28.0 Å². The van der Waals surface area contributed by atoms with Gasteiger partial charge in [0, 0.05) is 18.2 Å². The van der Waals surface area contributed by atoms with Gasteiger partial charge in [-0.2, -0.15) is 5.26 Å². The molecule has 4 aromatic rings. The van der Waals surface area contributed by atoms with Crippen molar-refractivity contribution in [3.63, 3.8) is 0 Å². The molecule has 0 aliphatic heterocycles. The normalized spacial score (nSPS) is 10.4. The molecule has 1 aromatic heterocycles. The maximum absolute atomic E-state index is 12.9. The summed E-state index contributed by atoms with van der Waals surface area (Å²) in [5.74, 6) is -1.71. The number of aromatic nitrogens is 1. The standard InChI is InChI=1S/C25H18N4O6/c1-13(30)27-16-6-4-15(5-7-16)17-10-22-19(11-21(17)34-2)23(29-35-22)24(31)28-20-8-3-14(12-26)9-18(20)25(32)33/h3-11H,1-2H3,(H,27,30)(H,28,31)(H,32,33). The summed E-state index contributed by atoms with van der Waals surface area (Å²) < 4.78 is 10.9. The van der Waals surface area contributed by atoms with Gasteiger partial charge >= 0.3 is 5.97 Å². The molecule has 10 heteroatoms. The van der Waals surface area contributed by atoms with E-state index in [2.05, 4.69) is 15.8 Å². The van der Waals surface area contributed by atoms with Crippen molar-refractivity contribution in [1.29, 1.82) is 5.26 Å². The molecule has 0 spiro atoms. The highest BCUT2D eigenvalue weighted by atomic mass is 16.5. The van der Waals surface area contributed by atoms with Gasteiger partial charge in [-0.15, -0.1) is 0 Å². The van der Waals surface area contributed by atoms with Gasteiger partial charge in [0.05, 0.1) is 35.4 Å². The minimum atomic E-state index is -1.29. The summed E-state index contributed by atoms with van der Waals surface area (Å²) in [7, 11) is 1.49. The zero-order chi connectivity index (χ0) is 25.1. The van der Waals surface area contributed by atoms with Crippen LogP contribution in [0, 0.1) is 11.3 Å². The van der Waals surface area contributed by atoms with Crippen LogP contribution in [0.4, 0.5) is 11.4 Å². The van der Waals surface area contributed by atoms with Crippen LogP contribution in [0.5, 0.6) is 5.75 Å². The number of nitriles is 1. The molecule has 0 radical (unpaired) electrons. The van der Waals surface area contributed by atoms with Crippen LogP contribution in [0.3, 0.4) is 0 Å². The van der Waals surface area contributed by atoms with E-state index >= 15 is 0 Å². The average Bonchev–Trinajstić information content (AvgIpc) is 3.26. The SMILES string of the molecule is COc1cc2c(C(=O)Nc3ccc(C#N)cc3C(=O)O)noc2cc1-c1ccc(NC(C)=O)cc1. The quantitative estimate of drug-likeness (QED) is 0.377. The highest BCUT2D eigenvalue weighted by molar-refractivity contribution is 6.13. The lowest BCUT2D eigenvalue weighted by molar-refractivity contribution is -0.114. The number of carbonyl (C=O) groups is 3. The van der Waals surface area contributed by atoms with E-state index in [0.717, 1.165) is 5.56 Å². The minimum Gasteiger partial charge on any atom is -0.496 e. The van der Waals surface area contributed by atoms with Crippen LogP contribution in [-0.4, -0.2) is 35.2 Å². The Morgan fingerprint density at radius 3 is 2.43 bits per heavy atom. The number of nitrogens with one attached hydrogen (secondary N) is 2. The lowest BCUT2D eigenvalue weighted by Gasteiger charge is -2.10. The van der Waals surface area contributed by atoms with Gasteiger partial charge in [0.15, 0.2) is 11.3 Å². The van der Waals surface area contributed by atoms with Gasteiger partial charge in [0.2, 0.25) is 5.91 Å². The second kappa shape index (κ2) is 9.36. The van der Waals surface area contributed by atoms with E-state index < -0.39 is 11.9 Å². The Balaban J connectivity index is 1.69. The topological polar surface area (TPSA) is 155 Å². The lowest BCUT2D eigenvalue weighted by Crippen LogP contribution is -2.15. The number of rotatable bonds is 6. The fourth-order valence-electron chi connectivity index (χ4n) is 3.54. The maximum atomic E-state index is 12.9. The third kappa shape index (κ3) is 4.65. The molecule has 0 saturated heterocycles. The van der Waals surface area contributed by atoms with Gasteiger partial charge in [0.25, 0.3) is 5.91 Å². The molecule has 2 amide bonds. The second-order valence-corrected chi connectivity index (χ2v) is 7.47. The van der Waals surface area contributed by atoms with E-state index in [9.17, 15) is 19.5 Å².